The van der Waals surface area contributed by atoms with Crippen LogP contribution in [0.5, 0.6) is 0 Å². The normalized spacial score (nSPS) is 10.9. The van der Waals surface area contributed by atoms with E-state index in [2.05, 4.69) is 31.3 Å². The van der Waals surface area contributed by atoms with Crippen LogP contribution in [0.25, 0.3) is 0 Å². The van der Waals surface area contributed by atoms with E-state index in [9.17, 15) is 0 Å². The minimum absolute atomic E-state index is 0.692. The van der Waals surface area contributed by atoms with E-state index >= 15 is 0 Å². The van der Waals surface area contributed by atoms with Crippen molar-refractivity contribution < 1.29 is 0 Å². The van der Waals surface area contributed by atoms with E-state index in [0.717, 1.165) is 24.3 Å². The third-order valence-electron chi connectivity index (χ3n) is 2.23. The molecule has 0 radical (unpaired) electrons. The van der Waals surface area contributed by atoms with Crippen molar-refractivity contribution in [1.29, 1.82) is 0 Å². The fraction of sp³-hybridized carbons (Fsp3) is 0.500. The van der Waals surface area contributed by atoms with Gasteiger partial charge in [0.05, 0.1) is 0 Å². The lowest BCUT2D eigenvalue weighted by Crippen LogP contribution is -2.19. The second-order valence-electron chi connectivity index (χ2n) is 4.22. The third-order valence-corrected chi connectivity index (χ3v) is 2.23. The molecule has 1 aromatic carbocycles. The Balaban J connectivity index is 2.47. The molecule has 0 aromatic heterocycles. The molecule has 0 saturated heterocycles. The summed E-state index contributed by atoms with van der Waals surface area (Å²) in [4.78, 5) is 0. The molecule has 3 N–H and O–H groups in total. The summed E-state index contributed by atoms with van der Waals surface area (Å²) in [6.07, 6.45) is 0. The van der Waals surface area contributed by atoms with Crippen molar-refractivity contribution in [2.75, 3.05) is 12.3 Å². The molecule has 1 rings (SSSR count). The number of aryl methyl sites for hydroxylation is 1. The van der Waals surface area contributed by atoms with E-state index in [1.165, 1.54) is 5.56 Å². The molecule has 0 aliphatic carbocycles. The van der Waals surface area contributed by atoms with Gasteiger partial charge in [0, 0.05) is 12.2 Å². The predicted molar refractivity (Wildman–Crippen MR) is 62.1 cm³/mol. The first kappa shape index (κ1) is 11.1. The molecule has 0 bridgehead atoms. The number of nitrogens with two attached hydrogens (primary N) is 1. The molecule has 0 heterocycles. The molecule has 14 heavy (non-hydrogen) atoms. The number of anilines is 1. The highest BCUT2D eigenvalue weighted by Gasteiger charge is 1.97. The number of nitrogen functional groups attached to an aromatic ring is 1. The van der Waals surface area contributed by atoms with E-state index < -0.39 is 0 Å². The Labute approximate surface area is 86.5 Å². The molecule has 2 heteroatoms. The molecule has 0 saturated carbocycles. The Hall–Kier alpha value is -1.02. The van der Waals surface area contributed by atoms with Crippen molar-refractivity contribution in [3.63, 3.8) is 0 Å². The zero-order valence-corrected chi connectivity index (χ0v) is 9.30. The summed E-state index contributed by atoms with van der Waals surface area (Å²) in [6, 6.07) is 6.24. The summed E-state index contributed by atoms with van der Waals surface area (Å²) < 4.78 is 0. The molecule has 1 aromatic rings. The standard InChI is InChI=1S/C12H20N2/c1-9(2)7-14-8-11-5-4-10(3)12(13)6-11/h4-6,9,14H,7-8,13H2,1-3H3. The molecule has 2 nitrogen and oxygen atoms in total. The molecule has 0 amide bonds. The average Bonchev–Trinajstić information content (AvgIpc) is 2.10. The molecule has 0 aliphatic heterocycles. The van der Waals surface area contributed by atoms with Crippen LogP contribution in [0.2, 0.25) is 0 Å². The smallest absolute Gasteiger partial charge is 0.0346 e. The maximum atomic E-state index is 5.82. The first-order valence-electron chi connectivity index (χ1n) is 5.15. The van der Waals surface area contributed by atoms with Crippen molar-refractivity contribution in [3.05, 3.63) is 29.3 Å². The topological polar surface area (TPSA) is 38.0 Å². The molecular weight excluding hydrogens is 172 g/mol. The summed E-state index contributed by atoms with van der Waals surface area (Å²) in [5, 5.41) is 3.39. The lowest BCUT2D eigenvalue weighted by molar-refractivity contribution is 0.552. The van der Waals surface area contributed by atoms with Crippen LogP contribution in [-0.2, 0) is 6.54 Å². The van der Waals surface area contributed by atoms with E-state index in [1.54, 1.807) is 0 Å². The summed E-state index contributed by atoms with van der Waals surface area (Å²) in [7, 11) is 0. The summed E-state index contributed by atoms with van der Waals surface area (Å²) in [5.74, 6) is 0.692. The molecular formula is C12H20N2. The zero-order chi connectivity index (χ0) is 10.6. The Morgan fingerprint density at radius 2 is 2.07 bits per heavy atom. The van der Waals surface area contributed by atoms with Gasteiger partial charge in [-0.05, 0) is 36.6 Å². The van der Waals surface area contributed by atoms with Gasteiger partial charge in [-0.2, -0.15) is 0 Å². The van der Waals surface area contributed by atoms with Crippen LogP contribution in [-0.4, -0.2) is 6.54 Å². The van der Waals surface area contributed by atoms with Gasteiger partial charge in [0.1, 0.15) is 0 Å². The van der Waals surface area contributed by atoms with Gasteiger partial charge < -0.3 is 11.1 Å². The van der Waals surface area contributed by atoms with Crippen LogP contribution in [0.3, 0.4) is 0 Å². The molecule has 0 spiro atoms. The van der Waals surface area contributed by atoms with Gasteiger partial charge in [-0.25, -0.2) is 0 Å². The monoisotopic (exact) mass is 192 g/mol. The molecule has 78 valence electrons. The summed E-state index contributed by atoms with van der Waals surface area (Å²) in [5.41, 5.74) is 9.12. The lowest BCUT2D eigenvalue weighted by atomic mass is 10.1. The quantitative estimate of drug-likeness (QED) is 0.718. The van der Waals surface area contributed by atoms with Crippen molar-refractivity contribution >= 4 is 5.69 Å². The number of hydrogen-bond donors (Lipinski definition) is 2. The Morgan fingerprint density at radius 1 is 1.36 bits per heavy atom. The van der Waals surface area contributed by atoms with Gasteiger partial charge >= 0.3 is 0 Å². The Bertz CT molecular complexity index is 292. The lowest BCUT2D eigenvalue weighted by Gasteiger charge is -2.08. The van der Waals surface area contributed by atoms with Gasteiger partial charge in [-0.15, -0.1) is 0 Å². The van der Waals surface area contributed by atoms with Crippen molar-refractivity contribution in [1.82, 2.24) is 5.32 Å². The van der Waals surface area contributed by atoms with Gasteiger partial charge in [-0.3, -0.25) is 0 Å². The maximum Gasteiger partial charge on any atom is 0.0346 e. The molecule has 0 aliphatic rings. The Kier molecular flexibility index (Phi) is 3.96. The number of rotatable bonds is 4. The van der Waals surface area contributed by atoms with Gasteiger partial charge in [0.15, 0.2) is 0 Å². The van der Waals surface area contributed by atoms with E-state index in [-0.39, 0.29) is 0 Å². The number of hydrogen-bond acceptors (Lipinski definition) is 2. The highest BCUT2D eigenvalue weighted by atomic mass is 14.8. The van der Waals surface area contributed by atoms with E-state index in [0.29, 0.717) is 5.92 Å². The van der Waals surface area contributed by atoms with Crippen molar-refractivity contribution in [2.24, 2.45) is 5.92 Å². The third kappa shape index (κ3) is 3.38. The molecule has 0 unspecified atom stereocenters. The van der Waals surface area contributed by atoms with Crippen LogP contribution < -0.4 is 11.1 Å². The predicted octanol–water partition coefficient (Wildman–Crippen LogP) is 2.32. The SMILES string of the molecule is Cc1ccc(CNCC(C)C)cc1N. The van der Waals surface area contributed by atoms with Crippen molar-refractivity contribution in [2.45, 2.75) is 27.3 Å². The highest BCUT2D eigenvalue weighted by Crippen LogP contribution is 2.12. The number of benzene rings is 1. The molecule has 0 fully saturated rings. The van der Waals surface area contributed by atoms with Gasteiger partial charge in [0.25, 0.3) is 0 Å². The van der Waals surface area contributed by atoms with Crippen LogP contribution in [0.15, 0.2) is 18.2 Å². The first-order valence-corrected chi connectivity index (χ1v) is 5.15. The second kappa shape index (κ2) is 5.01. The fourth-order valence-corrected chi connectivity index (χ4v) is 1.31. The van der Waals surface area contributed by atoms with E-state index in [1.807, 2.05) is 13.0 Å². The summed E-state index contributed by atoms with van der Waals surface area (Å²) >= 11 is 0. The van der Waals surface area contributed by atoms with Crippen LogP contribution in [0.1, 0.15) is 25.0 Å². The van der Waals surface area contributed by atoms with Crippen LogP contribution >= 0.6 is 0 Å². The summed E-state index contributed by atoms with van der Waals surface area (Å²) in [6.45, 7) is 8.39. The largest absolute Gasteiger partial charge is 0.399 e. The minimum atomic E-state index is 0.692. The first-order chi connectivity index (χ1) is 6.59. The van der Waals surface area contributed by atoms with E-state index in [4.69, 9.17) is 5.73 Å². The maximum absolute atomic E-state index is 5.82. The molecule has 0 atom stereocenters. The fourth-order valence-electron chi connectivity index (χ4n) is 1.31. The number of nitrogens with one attached hydrogen (secondary N) is 1. The minimum Gasteiger partial charge on any atom is -0.399 e. The average molecular weight is 192 g/mol. The Morgan fingerprint density at radius 3 is 2.64 bits per heavy atom. The van der Waals surface area contributed by atoms with Gasteiger partial charge in [-0.1, -0.05) is 26.0 Å². The zero-order valence-electron chi connectivity index (χ0n) is 9.30. The van der Waals surface area contributed by atoms with Crippen LogP contribution in [0.4, 0.5) is 5.69 Å². The van der Waals surface area contributed by atoms with Crippen LogP contribution in [0, 0.1) is 12.8 Å². The van der Waals surface area contributed by atoms with Crippen molar-refractivity contribution in [3.8, 4) is 0 Å². The van der Waals surface area contributed by atoms with Gasteiger partial charge in [0.2, 0.25) is 0 Å². The highest BCUT2D eigenvalue weighted by molar-refractivity contribution is 5.48. The second-order valence-corrected chi connectivity index (χ2v) is 4.22.